The Morgan fingerprint density at radius 3 is 2.83 bits per heavy atom. The van der Waals surface area contributed by atoms with E-state index in [2.05, 4.69) is 0 Å². The van der Waals surface area contributed by atoms with Crippen molar-refractivity contribution in [2.24, 2.45) is 0 Å². The van der Waals surface area contributed by atoms with Crippen LogP contribution in [0.2, 0.25) is 5.02 Å². The summed E-state index contributed by atoms with van der Waals surface area (Å²) in [6.45, 7) is 0.586. The van der Waals surface area contributed by atoms with Crippen LogP contribution in [0.25, 0.3) is 0 Å². The Bertz CT molecular complexity index is 397. The van der Waals surface area contributed by atoms with E-state index >= 15 is 0 Å². The monoisotopic (exact) mass is 269 g/mol. The molecule has 0 aliphatic heterocycles. The molecule has 2 rings (SSSR count). The van der Waals surface area contributed by atoms with Crippen molar-refractivity contribution in [2.45, 2.75) is 44.5 Å². The highest BCUT2D eigenvalue weighted by molar-refractivity contribution is 6.33. The molecule has 18 heavy (non-hydrogen) atoms. The van der Waals surface area contributed by atoms with Gasteiger partial charge in [-0.2, -0.15) is 0 Å². The molecule has 2 atom stereocenters. The van der Waals surface area contributed by atoms with Crippen molar-refractivity contribution in [1.82, 2.24) is 0 Å². The molecule has 4 heteroatoms. The highest BCUT2D eigenvalue weighted by atomic mass is 35.5. The van der Waals surface area contributed by atoms with E-state index in [1.807, 2.05) is 18.2 Å². The van der Waals surface area contributed by atoms with Crippen LogP contribution in [0.5, 0.6) is 0 Å². The largest absolute Gasteiger partial charge is 0.398 e. The predicted octanol–water partition coefficient (Wildman–Crippen LogP) is 3.40. The van der Waals surface area contributed by atoms with Gasteiger partial charge in [0.2, 0.25) is 0 Å². The Hall–Kier alpha value is -0.770. The van der Waals surface area contributed by atoms with Crippen LogP contribution in [-0.4, -0.2) is 19.3 Å². The molecule has 3 nitrogen and oxygen atoms in total. The van der Waals surface area contributed by atoms with Crippen LogP contribution < -0.4 is 5.73 Å². The number of methoxy groups -OCH3 is 1. The van der Waals surface area contributed by atoms with Gasteiger partial charge in [0.15, 0.2) is 0 Å². The first-order valence-corrected chi connectivity index (χ1v) is 6.75. The second-order valence-corrected chi connectivity index (χ2v) is 5.22. The van der Waals surface area contributed by atoms with E-state index in [-0.39, 0.29) is 0 Å². The molecule has 0 spiro atoms. The molecule has 0 bridgehead atoms. The number of rotatable bonds is 4. The average Bonchev–Trinajstić information content (AvgIpc) is 2.40. The Morgan fingerprint density at radius 2 is 2.11 bits per heavy atom. The summed E-state index contributed by atoms with van der Waals surface area (Å²) >= 11 is 5.89. The second-order valence-electron chi connectivity index (χ2n) is 4.81. The fraction of sp³-hybridized carbons (Fsp3) is 0.571. The number of anilines is 1. The summed E-state index contributed by atoms with van der Waals surface area (Å²) < 4.78 is 11.3. The molecule has 2 unspecified atom stereocenters. The summed E-state index contributed by atoms with van der Waals surface area (Å²) in [7, 11) is 1.77. The molecular formula is C14H20ClNO2. The highest BCUT2D eigenvalue weighted by Crippen LogP contribution is 2.25. The minimum atomic E-state index is 0.292. The standard InChI is InChI=1S/C14H20ClNO2/c1-17-11-3-2-4-12(8-11)18-9-10-5-6-13(15)14(16)7-10/h5-7,11-12H,2-4,8-9,16H2,1H3. The van der Waals surface area contributed by atoms with Crippen molar-refractivity contribution >= 4 is 17.3 Å². The summed E-state index contributed by atoms with van der Waals surface area (Å²) in [6, 6.07) is 5.64. The zero-order valence-corrected chi connectivity index (χ0v) is 11.5. The first kappa shape index (κ1) is 13.7. The van der Waals surface area contributed by atoms with Crippen LogP contribution in [0.3, 0.4) is 0 Å². The van der Waals surface area contributed by atoms with Crippen molar-refractivity contribution in [1.29, 1.82) is 0 Å². The van der Waals surface area contributed by atoms with Crippen molar-refractivity contribution < 1.29 is 9.47 Å². The first-order valence-electron chi connectivity index (χ1n) is 6.37. The lowest BCUT2D eigenvalue weighted by atomic mass is 9.95. The Labute approximate surface area is 113 Å². The number of hydrogen-bond donors (Lipinski definition) is 1. The van der Waals surface area contributed by atoms with Crippen LogP contribution >= 0.6 is 11.6 Å². The topological polar surface area (TPSA) is 44.5 Å². The SMILES string of the molecule is COC1CCCC(OCc2ccc(Cl)c(N)c2)C1. The van der Waals surface area contributed by atoms with Gasteiger partial charge in [-0.1, -0.05) is 17.7 Å². The molecule has 1 fully saturated rings. The van der Waals surface area contributed by atoms with E-state index in [0.717, 1.165) is 24.8 Å². The van der Waals surface area contributed by atoms with Gasteiger partial charge in [0.25, 0.3) is 0 Å². The zero-order valence-electron chi connectivity index (χ0n) is 10.7. The smallest absolute Gasteiger partial charge is 0.0721 e. The predicted molar refractivity (Wildman–Crippen MR) is 73.7 cm³/mol. The number of hydrogen-bond acceptors (Lipinski definition) is 3. The molecule has 1 aromatic rings. The zero-order chi connectivity index (χ0) is 13.0. The molecule has 1 aliphatic rings. The molecule has 0 saturated heterocycles. The number of nitrogens with two attached hydrogens (primary N) is 1. The van der Waals surface area contributed by atoms with E-state index in [1.54, 1.807) is 7.11 Å². The summed E-state index contributed by atoms with van der Waals surface area (Å²) in [4.78, 5) is 0. The summed E-state index contributed by atoms with van der Waals surface area (Å²) in [5.74, 6) is 0. The van der Waals surface area contributed by atoms with Gasteiger partial charge in [-0.25, -0.2) is 0 Å². The average molecular weight is 270 g/mol. The van der Waals surface area contributed by atoms with E-state index in [9.17, 15) is 0 Å². The molecule has 0 radical (unpaired) electrons. The third-order valence-electron chi connectivity index (χ3n) is 3.46. The Morgan fingerprint density at radius 1 is 1.33 bits per heavy atom. The van der Waals surface area contributed by atoms with Crippen LogP contribution in [0.1, 0.15) is 31.2 Å². The molecule has 1 aliphatic carbocycles. The van der Waals surface area contributed by atoms with Gasteiger partial charge in [-0.05, 0) is 43.4 Å². The normalized spacial score (nSPS) is 24.1. The van der Waals surface area contributed by atoms with Crippen LogP contribution in [0, 0.1) is 0 Å². The Kier molecular flexibility index (Phi) is 4.87. The molecular weight excluding hydrogens is 250 g/mol. The van der Waals surface area contributed by atoms with Gasteiger partial charge in [0.05, 0.1) is 29.5 Å². The van der Waals surface area contributed by atoms with Gasteiger partial charge >= 0.3 is 0 Å². The lowest BCUT2D eigenvalue weighted by Crippen LogP contribution is -2.27. The van der Waals surface area contributed by atoms with E-state index in [0.29, 0.717) is 29.5 Å². The van der Waals surface area contributed by atoms with Crippen LogP contribution in [-0.2, 0) is 16.1 Å². The van der Waals surface area contributed by atoms with Gasteiger partial charge < -0.3 is 15.2 Å². The molecule has 1 aromatic carbocycles. The van der Waals surface area contributed by atoms with Crippen molar-refractivity contribution in [3.05, 3.63) is 28.8 Å². The van der Waals surface area contributed by atoms with E-state index < -0.39 is 0 Å². The third-order valence-corrected chi connectivity index (χ3v) is 3.80. The minimum Gasteiger partial charge on any atom is -0.398 e. The number of halogens is 1. The van der Waals surface area contributed by atoms with Gasteiger partial charge in [0.1, 0.15) is 0 Å². The van der Waals surface area contributed by atoms with Crippen molar-refractivity contribution in [2.75, 3.05) is 12.8 Å². The minimum absolute atomic E-state index is 0.292. The fourth-order valence-electron chi connectivity index (χ4n) is 2.36. The summed E-state index contributed by atoms with van der Waals surface area (Å²) in [6.07, 6.45) is 5.05. The maximum Gasteiger partial charge on any atom is 0.0721 e. The van der Waals surface area contributed by atoms with Crippen molar-refractivity contribution in [3.8, 4) is 0 Å². The van der Waals surface area contributed by atoms with Gasteiger partial charge in [-0.15, -0.1) is 0 Å². The maximum absolute atomic E-state index is 5.92. The molecule has 0 heterocycles. The number of nitrogen functional groups attached to an aromatic ring is 1. The summed E-state index contributed by atoms with van der Waals surface area (Å²) in [5, 5.41) is 0.593. The Balaban J connectivity index is 1.85. The van der Waals surface area contributed by atoms with Crippen molar-refractivity contribution in [3.63, 3.8) is 0 Å². The first-order chi connectivity index (χ1) is 8.69. The quantitative estimate of drug-likeness (QED) is 0.852. The molecule has 0 aromatic heterocycles. The van der Waals surface area contributed by atoms with E-state index in [4.69, 9.17) is 26.8 Å². The highest BCUT2D eigenvalue weighted by Gasteiger charge is 2.22. The lowest BCUT2D eigenvalue weighted by molar-refractivity contribution is -0.0363. The number of benzene rings is 1. The number of ether oxygens (including phenoxy) is 2. The molecule has 2 N–H and O–H groups in total. The van der Waals surface area contributed by atoms with E-state index in [1.165, 1.54) is 6.42 Å². The third kappa shape index (κ3) is 3.61. The maximum atomic E-state index is 5.92. The molecule has 1 saturated carbocycles. The fourth-order valence-corrected chi connectivity index (χ4v) is 2.48. The molecule has 100 valence electrons. The summed E-state index contributed by atoms with van der Waals surface area (Å²) in [5.41, 5.74) is 7.44. The molecule has 0 amide bonds. The van der Waals surface area contributed by atoms with Gasteiger partial charge in [-0.3, -0.25) is 0 Å². The van der Waals surface area contributed by atoms with Crippen LogP contribution in [0.4, 0.5) is 5.69 Å². The van der Waals surface area contributed by atoms with Gasteiger partial charge in [0, 0.05) is 7.11 Å². The second kappa shape index (κ2) is 6.41. The lowest BCUT2D eigenvalue weighted by Gasteiger charge is -2.28. The van der Waals surface area contributed by atoms with Crippen LogP contribution in [0.15, 0.2) is 18.2 Å².